The molecule has 2 aliphatic rings. The van der Waals surface area contributed by atoms with E-state index in [-0.39, 0.29) is 0 Å². The molecule has 1 N–H and O–H groups in total. The van der Waals surface area contributed by atoms with Crippen LogP contribution in [-0.4, -0.2) is 48.3 Å². The number of carbonyl (C=O) groups is 1. The number of rotatable bonds is 9. The molecule has 2 rings (SSSR count). The minimum atomic E-state index is -0.830. The van der Waals surface area contributed by atoms with Crippen LogP contribution in [0.4, 0.5) is 0 Å². The molecule has 0 spiro atoms. The maximum absolute atomic E-state index is 11.1. The second kappa shape index (κ2) is 5.83. The molecule has 1 atom stereocenters. The fourth-order valence-corrected chi connectivity index (χ4v) is 2.19. The van der Waals surface area contributed by atoms with E-state index < -0.39 is 12.1 Å². The van der Waals surface area contributed by atoms with Gasteiger partial charge in [-0.15, -0.1) is 0 Å². The highest BCUT2D eigenvalue weighted by atomic mass is 16.5. The van der Waals surface area contributed by atoms with Crippen molar-refractivity contribution in [3.63, 3.8) is 0 Å². The Hall–Kier alpha value is -0.610. The first kappa shape index (κ1) is 12.8. The summed E-state index contributed by atoms with van der Waals surface area (Å²) in [5.74, 6) is 0.790. The summed E-state index contributed by atoms with van der Waals surface area (Å²) in [4.78, 5) is 13.4. The molecular formula is C13H23NO3. The summed E-state index contributed by atoms with van der Waals surface area (Å²) < 4.78 is 5.30. The molecule has 2 saturated carbocycles. The highest BCUT2D eigenvalue weighted by molar-refractivity contribution is 5.72. The zero-order valence-corrected chi connectivity index (χ0v) is 10.6. The van der Waals surface area contributed by atoms with Gasteiger partial charge in [-0.3, -0.25) is 4.90 Å². The highest BCUT2D eigenvalue weighted by Crippen LogP contribution is 2.33. The Morgan fingerprint density at radius 2 is 1.82 bits per heavy atom. The van der Waals surface area contributed by atoms with Gasteiger partial charge in [0.1, 0.15) is 0 Å². The van der Waals surface area contributed by atoms with Crippen LogP contribution in [-0.2, 0) is 9.53 Å². The Balaban J connectivity index is 1.81. The molecule has 2 fully saturated rings. The largest absolute Gasteiger partial charge is 0.479 e. The molecule has 2 aliphatic carbocycles. The Bertz CT molecular complexity index is 247. The van der Waals surface area contributed by atoms with Crippen molar-refractivity contribution in [1.82, 2.24) is 4.90 Å². The first-order valence-electron chi connectivity index (χ1n) is 6.75. The Kier molecular flexibility index (Phi) is 4.40. The van der Waals surface area contributed by atoms with Crippen molar-refractivity contribution in [2.45, 2.75) is 38.7 Å². The first-order valence-corrected chi connectivity index (χ1v) is 6.75. The number of aliphatic carboxylic acids is 1. The molecule has 0 heterocycles. The number of carboxylic acid groups (broad SMARTS) is 1. The van der Waals surface area contributed by atoms with Gasteiger partial charge in [0.25, 0.3) is 0 Å². The number of ether oxygens (including phenoxy) is 1. The van der Waals surface area contributed by atoms with Crippen LogP contribution in [0, 0.1) is 11.8 Å². The lowest BCUT2D eigenvalue weighted by Crippen LogP contribution is -2.40. The molecule has 0 aromatic heterocycles. The zero-order chi connectivity index (χ0) is 12.3. The molecule has 1 unspecified atom stereocenters. The molecule has 0 aromatic carbocycles. The van der Waals surface area contributed by atoms with Crippen molar-refractivity contribution in [2.75, 3.05) is 26.2 Å². The van der Waals surface area contributed by atoms with Gasteiger partial charge in [0.2, 0.25) is 0 Å². The lowest BCUT2D eigenvalue weighted by atomic mass is 10.2. The molecule has 0 amide bonds. The standard InChI is InChI=1S/C13H23NO3/c1-2-17-12(13(15)16)9-14(7-10-3-4-10)8-11-5-6-11/h10-12H,2-9H2,1H3,(H,15,16). The van der Waals surface area contributed by atoms with Crippen molar-refractivity contribution in [1.29, 1.82) is 0 Å². The third-order valence-corrected chi connectivity index (χ3v) is 3.49. The summed E-state index contributed by atoms with van der Waals surface area (Å²) in [7, 11) is 0. The third-order valence-electron chi connectivity index (χ3n) is 3.49. The smallest absolute Gasteiger partial charge is 0.334 e. The van der Waals surface area contributed by atoms with Gasteiger partial charge in [-0.05, 0) is 44.4 Å². The van der Waals surface area contributed by atoms with Gasteiger partial charge < -0.3 is 9.84 Å². The summed E-state index contributed by atoms with van der Waals surface area (Å²) in [6.07, 6.45) is 4.60. The van der Waals surface area contributed by atoms with Gasteiger partial charge >= 0.3 is 5.97 Å². The topological polar surface area (TPSA) is 49.8 Å². The van der Waals surface area contributed by atoms with Crippen molar-refractivity contribution >= 4 is 5.97 Å². The van der Waals surface area contributed by atoms with Crippen LogP contribution in [0.25, 0.3) is 0 Å². The lowest BCUT2D eigenvalue weighted by Gasteiger charge is -2.25. The van der Waals surface area contributed by atoms with E-state index >= 15 is 0 Å². The van der Waals surface area contributed by atoms with Crippen LogP contribution in [0.15, 0.2) is 0 Å². The Labute approximate surface area is 103 Å². The molecule has 98 valence electrons. The molecule has 0 aromatic rings. The molecule has 0 saturated heterocycles. The lowest BCUT2D eigenvalue weighted by molar-refractivity contribution is -0.151. The van der Waals surface area contributed by atoms with E-state index in [2.05, 4.69) is 4.90 Å². The van der Waals surface area contributed by atoms with Crippen molar-refractivity contribution < 1.29 is 14.6 Å². The van der Waals surface area contributed by atoms with E-state index in [1.54, 1.807) is 0 Å². The average molecular weight is 241 g/mol. The molecule has 4 nitrogen and oxygen atoms in total. The fraction of sp³-hybridized carbons (Fsp3) is 0.923. The predicted octanol–water partition coefficient (Wildman–Crippen LogP) is 1.60. The molecule has 4 heteroatoms. The van der Waals surface area contributed by atoms with E-state index in [1.807, 2.05) is 6.92 Å². The van der Waals surface area contributed by atoms with Gasteiger partial charge in [-0.1, -0.05) is 0 Å². The first-order chi connectivity index (χ1) is 8.19. The van der Waals surface area contributed by atoms with E-state index in [0.29, 0.717) is 13.2 Å². The Morgan fingerprint density at radius 3 is 2.18 bits per heavy atom. The van der Waals surface area contributed by atoms with Crippen LogP contribution in [0.1, 0.15) is 32.6 Å². The normalized spacial score (nSPS) is 21.8. The van der Waals surface area contributed by atoms with Crippen LogP contribution < -0.4 is 0 Å². The molecule has 0 radical (unpaired) electrons. The van der Waals surface area contributed by atoms with Crippen LogP contribution >= 0.6 is 0 Å². The van der Waals surface area contributed by atoms with Crippen LogP contribution in [0.2, 0.25) is 0 Å². The van der Waals surface area contributed by atoms with E-state index in [4.69, 9.17) is 9.84 Å². The van der Waals surface area contributed by atoms with Gasteiger partial charge in [-0.2, -0.15) is 0 Å². The van der Waals surface area contributed by atoms with Gasteiger partial charge in [0.15, 0.2) is 6.10 Å². The van der Waals surface area contributed by atoms with Crippen LogP contribution in [0.3, 0.4) is 0 Å². The Morgan fingerprint density at radius 1 is 1.29 bits per heavy atom. The molecule has 0 bridgehead atoms. The SMILES string of the molecule is CCOC(CN(CC1CC1)CC1CC1)C(=O)O. The molecule has 17 heavy (non-hydrogen) atoms. The summed E-state index contributed by atoms with van der Waals surface area (Å²) in [5.41, 5.74) is 0. The predicted molar refractivity (Wildman–Crippen MR) is 64.9 cm³/mol. The summed E-state index contributed by atoms with van der Waals surface area (Å²) in [6, 6.07) is 0. The van der Waals surface area contributed by atoms with E-state index in [0.717, 1.165) is 24.9 Å². The monoisotopic (exact) mass is 241 g/mol. The second-order valence-corrected chi connectivity index (χ2v) is 5.39. The number of carboxylic acids is 1. The second-order valence-electron chi connectivity index (χ2n) is 5.39. The third kappa shape index (κ3) is 4.64. The van der Waals surface area contributed by atoms with Crippen molar-refractivity contribution in [3.8, 4) is 0 Å². The maximum Gasteiger partial charge on any atom is 0.334 e. The number of nitrogens with zero attached hydrogens (tertiary/aromatic N) is 1. The fourth-order valence-electron chi connectivity index (χ4n) is 2.19. The van der Waals surface area contributed by atoms with Gasteiger partial charge in [0, 0.05) is 26.2 Å². The zero-order valence-electron chi connectivity index (χ0n) is 10.6. The molecule has 0 aliphatic heterocycles. The minimum absolute atomic E-state index is 0.470. The maximum atomic E-state index is 11.1. The number of hydrogen-bond acceptors (Lipinski definition) is 3. The quantitative estimate of drug-likeness (QED) is 0.666. The summed E-state index contributed by atoms with van der Waals surface area (Å²) in [5, 5.41) is 9.10. The van der Waals surface area contributed by atoms with Crippen molar-refractivity contribution in [3.05, 3.63) is 0 Å². The summed E-state index contributed by atoms with van der Waals surface area (Å²) in [6.45, 7) is 5.00. The molecular weight excluding hydrogens is 218 g/mol. The van der Waals surface area contributed by atoms with E-state index in [9.17, 15) is 4.79 Å². The number of hydrogen-bond donors (Lipinski definition) is 1. The summed E-state index contributed by atoms with van der Waals surface area (Å²) >= 11 is 0. The average Bonchev–Trinajstić information content (AvgIpc) is 3.12. The van der Waals surface area contributed by atoms with Gasteiger partial charge in [-0.25, -0.2) is 4.79 Å². The van der Waals surface area contributed by atoms with E-state index in [1.165, 1.54) is 25.7 Å². The van der Waals surface area contributed by atoms with Gasteiger partial charge in [0.05, 0.1) is 0 Å². The minimum Gasteiger partial charge on any atom is -0.479 e. The van der Waals surface area contributed by atoms with Crippen LogP contribution in [0.5, 0.6) is 0 Å². The van der Waals surface area contributed by atoms with Crippen molar-refractivity contribution in [2.24, 2.45) is 11.8 Å². The highest BCUT2D eigenvalue weighted by Gasteiger charge is 2.31.